The maximum Gasteiger partial charge on any atom is 0.239 e. The molecule has 0 bridgehead atoms. The summed E-state index contributed by atoms with van der Waals surface area (Å²) in [5.41, 5.74) is 0.497. The minimum absolute atomic E-state index is 0.0234. The predicted molar refractivity (Wildman–Crippen MR) is 88.0 cm³/mol. The summed E-state index contributed by atoms with van der Waals surface area (Å²) < 4.78 is 4.92. The molecule has 6 heteroatoms. The van der Waals surface area contributed by atoms with Crippen molar-refractivity contribution in [3.8, 4) is 0 Å². The molecule has 0 aromatic carbocycles. The van der Waals surface area contributed by atoms with Gasteiger partial charge in [-0.25, -0.2) is 0 Å². The average Bonchev–Trinajstić information content (AvgIpc) is 2.92. The Balaban J connectivity index is 1.76. The van der Waals surface area contributed by atoms with E-state index in [-0.39, 0.29) is 12.5 Å². The van der Waals surface area contributed by atoms with Gasteiger partial charge in [-0.3, -0.25) is 9.79 Å². The minimum atomic E-state index is -0.0234. The Morgan fingerprint density at radius 2 is 2.00 bits per heavy atom. The lowest BCUT2D eigenvalue weighted by Crippen LogP contribution is -2.45. The SMILES string of the molecule is CN=C(NCC(=O)NCCOC)N1CCC2(CCCCC2)C1. The second-order valence-electron chi connectivity index (χ2n) is 6.48. The van der Waals surface area contributed by atoms with Gasteiger partial charge in [0.05, 0.1) is 13.2 Å². The van der Waals surface area contributed by atoms with E-state index < -0.39 is 0 Å². The van der Waals surface area contributed by atoms with E-state index in [1.807, 2.05) is 0 Å². The highest BCUT2D eigenvalue weighted by molar-refractivity contribution is 5.86. The molecule has 1 aliphatic heterocycles. The molecule has 126 valence electrons. The Bertz CT molecular complexity index is 392. The number of methoxy groups -OCH3 is 1. The average molecular weight is 310 g/mol. The number of carbonyl (C=O) groups excluding carboxylic acids is 1. The predicted octanol–water partition coefficient (Wildman–Crippen LogP) is 0.981. The number of hydrogen-bond donors (Lipinski definition) is 2. The molecule has 2 fully saturated rings. The summed E-state index contributed by atoms with van der Waals surface area (Å²) in [6, 6.07) is 0. The Hall–Kier alpha value is -1.30. The van der Waals surface area contributed by atoms with Crippen molar-refractivity contribution in [3.05, 3.63) is 0 Å². The molecular formula is C16H30N4O2. The fraction of sp³-hybridized carbons (Fsp3) is 0.875. The normalized spacial score (nSPS) is 21.2. The first-order valence-corrected chi connectivity index (χ1v) is 8.40. The van der Waals surface area contributed by atoms with Crippen LogP contribution in [-0.4, -0.2) is 63.7 Å². The minimum Gasteiger partial charge on any atom is -0.383 e. The highest BCUT2D eigenvalue weighted by atomic mass is 16.5. The van der Waals surface area contributed by atoms with E-state index in [9.17, 15) is 4.79 Å². The van der Waals surface area contributed by atoms with Gasteiger partial charge in [-0.1, -0.05) is 19.3 Å². The highest BCUT2D eigenvalue weighted by Crippen LogP contribution is 2.43. The molecule has 2 aliphatic rings. The lowest BCUT2D eigenvalue weighted by molar-refractivity contribution is -0.120. The van der Waals surface area contributed by atoms with Crippen molar-refractivity contribution in [2.24, 2.45) is 10.4 Å². The molecule has 1 aliphatic carbocycles. The van der Waals surface area contributed by atoms with Crippen LogP contribution in [0.5, 0.6) is 0 Å². The lowest BCUT2D eigenvalue weighted by atomic mass is 9.73. The summed E-state index contributed by atoms with van der Waals surface area (Å²) >= 11 is 0. The summed E-state index contributed by atoms with van der Waals surface area (Å²) in [6.07, 6.45) is 8.06. The molecule has 0 atom stereocenters. The van der Waals surface area contributed by atoms with E-state index in [2.05, 4.69) is 20.5 Å². The van der Waals surface area contributed by atoms with Crippen LogP contribution in [0.3, 0.4) is 0 Å². The number of likely N-dealkylation sites (tertiary alicyclic amines) is 1. The van der Waals surface area contributed by atoms with Gasteiger partial charge >= 0.3 is 0 Å². The van der Waals surface area contributed by atoms with Gasteiger partial charge in [-0.2, -0.15) is 0 Å². The number of carbonyl (C=O) groups is 1. The van der Waals surface area contributed by atoms with Gasteiger partial charge in [0.25, 0.3) is 0 Å². The van der Waals surface area contributed by atoms with Crippen molar-refractivity contribution in [1.82, 2.24) is 15.5 Å². The number of ether oxygens (including phenoxy) is 1. The number of nitrogens with zero attached hydrogens (tertiary/aromatic N) is 2. The molecule has 0 aromatic rings. The van der Waals surface area contributed by atoms with E-state index in [1.165, 1.54) is 38.5 Å². The van der Waals surface area contributed by atoms with E-state index in [0.29, 0.717) is 18.6 Å². The van der Waals surface area contributed by atoms with Gasteiger partial charge in [0, 0.05) is 33.8 Å². The van der Waals surface area contributed by atoms with Crippen molar-refractivity contribution < 1.29 is 9.53 Å². The third-order valence-corrected chi connectivity index (χ3v) is 4.90. The number of guanidine groups is 1. The molecule has 1 saturated carbocycles. The van der Waals surface area contributed by atoms with Gasteiger partial charge in [-0.05, 0) is 24.7 Å². The van der Waals surface area contributed by atoms with Gasteiger partial charge < -0.3 is 20.3 Å². The van der Waals surface area contributed by atoms with Crippen LogP contribution in [0.1, 0.15) is 38.5 Å². The maximum atomic E-state index is 11.7. The Kier molecular flexibility index (Phi) is 6.49. The molecule has 0 unspecified atom stereocenters. The van der Waals surface area contributed by atoms with Crippen LogP contribution < -0.4 is 10.6 Å². The van der Waals surface area contributed by atoms with Crippen molar-refractivity contribution in [1.29, 1.82) is 0 Å². The van der Waals surface area contributed by atoms with Crippen LogP contribution in [0.15, 0.2) is 4.99 Å². The first-order chi connectivity index (χ1) is 10.7. The van der Waals surface area contributed by atoms with Crippen molar-refractivity contribution in [2.45, 2.75) is 38.5 Å². The number of aliphatic imine (C=N–C) groups is 1. The Morgan fingerprint density at radius 3 is 2.68 bits per heavy atom. The fourth-order valence-electron chi connectivity index (χ4n) is 3.67. The van der Waals surface area contributed by atoms with Crippen LogP contribution in [-0.2, 0) is 9.53 Å². The number of nitrogens with one attached hydrogen (secondary N) is 2. The second kappa shape index (κ2) is 8.36. The van der Waals surface area contributed by atoms with Crippen molar-refractivity contribution in [3.63, 3.8) is 0 Å². The van der Waals surface area contributed by atoms with Gasteiger partial charge in [-0.15, -0.1) is 0 Å². The first-order valence-electron chi connectivity index (χ1n) is 8.40. The highest BCUT2D eigenvalue weighted by Gasteiger charge is 2.39. The molecule has 2 rings (SSSR count). The standard InChI is InChI=1S/C16H30N4O2/c1-17-15(19-12-14(21)18-9-11-22-2)20-10-8-16(13-20)6-4-3-5-7-16/h3-13H2,1-2H3,(H,17,19)(H,18,21). The zero-order valence-electron chi connectivity index (χ0n) is 14.0. The number of rotatable bonds is 5. The van der Waals surface area contributed by atoms with Crippen LogP contribution in [0.2, 0.25) is 0 Å². The molecule has 1 heterocycles. The van der Waals surface area contributed by atoms with E-state index in [1.54, 1.807) is 14.2 Å². The molecule has 22 heavy (non-hydrogen) atoms. The lowest BCUT2D eigenvalue weighted by Gasteiger charge is -2.33. The van der Waals surface area contributed by atoms with Crippen LogP contribution in [0, 0.1) is 5.41 Å². The fourth-order valence-corrected chi connectivity index (χ4v) is 3.67. The Morgan fingerprint density at radius 1 is 1.23 bits per heavy atom. The molecule has 1 saturated heterocycles. The van der Waals surface area contributed by atoms with Crippen molar-refractivity contribution in [2.75, 3.05) is 46.9 Å². The molecule has 0 radical (unpaired) electrons. The Labute approximate surface area is 133 Å². The largest absolute Gasteiger partial charge is 0.383 e. The van der Waals surface area contributed by atoms with Crippen LogP contribution >= 0.6 is 0 Å². The van der Waals surface area contributed by atoms with Crippen LogP contribution in [0.4, 0.5) is 0 Å². The van der Waals surface area contributed by atoms with Gasteiger partial charge in [0.1, 0.15) is 0 Å². The molecule has 6 nitrogen and oxygen atoms in total. The molecule has 1 spiro atoms. The number of amides is 1. The topological polar surface area (TPSA) is 66.0 Å². The molecular weight excluding hydrogens is 280 g/mol. The van der Waals surface area contributed by atoms with E-state index in [0.717, 1.165) is 19.0 Å². The summed E-state index contributed by atoms with van der Waals surface area (Å²) in [5.74, 6) is 0.828. The van der Waals surface area contributed by atoms with E-state index in [4.69, 9.17) is 4.74 Å². The molecule has 2 N–H and O–H groups in total. The third kappa shape index (κ3) is 4.60. The zero-order valence-corrected chi connectivity index (χ0v) is 14.0. The number of hydrogen-bond acceptors (Lipinski definition) is 3. The summed E-state index contributed by atoms with van der Waals surface area (Å²) in [4.78, 5) is 18.4. The quantitative estimate of drug-likeness (QED) is 0.451. The third-order valence-electron chi connectivity index (χ3n) is 4.90. The van der Waals surface area contributed by atoms with Crippen LogP contribution in [0.25, 0.3) is 0 Å². The second-order valence-corrected chi connectivity index (χ2v) is 6.48. The molecule has 0 aromatic heterocycles. The summed E-state index contributed by atoms with van der Waals surface area (Å²) in [5, 5.41) is 5.99. The van der Waals surface area contributed by atoms with Gasteiger partial charge in [0.2, 0.25) is 5.91 Å². The summed E-state index contributed by atoms with van der Waals surface area (Å²) in [7, 11) is 3.41. The summed E-state index contributed by atoms with van der Waals surface area (Å²) in [6.45, 7) is 3.47. The first kappa shape index (κ1) is 17.1. The van der Waals surface area contributed by atoms with Crippen molar-refractivity contribution >= 4 is 11.9 Å². The zero-order chi connectivity index (χ0) is 15.8. The molecule has 1 amide bonds. The maximum absolute atomic E-state index is 11.7. The smallest absolute Gasteiger partial charge is 0.239 e. The monoisotopic (exact) mass is 310 g/mol. The van der Waals surface area contributed by atoms with Gasteiger partial charge in [0.15, 0.2) is 5.96 Å². The van der Waals surface area contributed by atoms with E-state index >= 15 is 0 Å².